The van der Waals surface area contributed by atoms with Gasteiger partial charge in [-0.25, -0.2) is 4.79 Å². The van der Waals surface area contributed by atoms with Gasteiger partial charge in [-0.05, 0) is 38.0 Å². The molecule has 1 saturated heterocycles. The molecule has 0 aromatic heterocycles. The highest BCUT2D eigenvalue weighted by Gasteiger charge is 2.53. The Morgan fingerprint density at radius 2 is 1.84 bits per heavy atom. The molecule has 6 heteroatoms. The fourth-order valence-corrected chi connectivity index (χ4v) is 2.94. The van der Waals surface area contributed by atoms with Crippen LogP contribution in [0.5, 0.6) is 0 Å². The Morgan fingerprint density at radius 3 is 2.28 bits per heavy atom. The van der Waals surface area contributed by atoms with Gasteiger partial charge in [0.05, 0.1) is 12.7 Å². The average molecular weight is 459 g/mol. The molecule has 1 aromatic rings. The second-order valence-corrected chi connectivity index (χ2v) is 7.44. The standard InChI is InChI=1S/C19H29N3O2.HI/c1-18(2)13-22(19(18,3)4)17(20-5)21-12-11-14-7-9-15(10-8-14)16(23)24-6;/h7-10H,11-13H2,1-6H3,(H,20,21);1H. The topological polar surface area (TPSA) is 53.9 Å². The maximum atomic E-state index is 11.4. The first-order valence-electron chi connectivity index (χ1n) is 8.38. The molecule has 0 aliphatic carbocycles. The van der Waals surface area contributed by atoms with Gasteiger partial charge in [-0.3, -0.25) is 4.99 Å². The molecule has 1 fully saturated rings. The highest BCUT2D eigenvalue weighted by Crippen LogP contribution is 2.46. The second-order valence-electron chi connectivity index (χ2n) is 7.44. The van der Waals surface area contributed by atoms with Crippen molar-refractivity contribution < 1.29 is 9.53 Å². The normalized spacial score (nSPS) is 18.0. The number of hydrogen-bond donors (Lipinski definition) is 1. The predicted molar refractivity (Wildman–Crippen MR) is 113 cm³/mol. The molecule has 0 bridgehead atoms. The van der Waals surface area contributed by atoms with Gasteiger partial charge in [0.25, 0.3) is 0 Å². The number of likely N-dealkylation sites (tertiary alicyclic amines) is 1. The zero-order valence-electron chi connectivity index (χ0n) is 16.0. The van der Waals surface area contributed by atoms with Gasteiger partial charge in [-0.15, -0.1) is 24.0 Å². The lowest BCUT2D eigenvalue weighted by Gasteiger charge is -2.62. The Balaban J connectivity index is 0.00000312. The summed E-state index contributed by atoms with van der Waals surface area (Å²) in [6, 6.07) is 7.54. The van der Waals surface area contributed by atoms with Crippen molar-refractivity contribution in [2.45, 2.75) is 39.7 Å². The van der Waals surface area contributed by atoms with Gasteiger partial charge < -0.3 is 15.0 Å². The minimum atomic E-state index is -0.303. The summed E-state index contributed by atoms with van der Waals surface area (Å²) in [7, 11) is 3.22. The summed E-state index contributed by atoms with van der Waals surface area (Å²) in [4.78, 5) is 18.2. The summed E-state index contributed by atoms with van der Waals surface area (Å²) in [6.07, 6.45) is 0.873. The van der Waals surface area contributed by atoms with E-state index in [-0.39, 0.29) is 40.9 Å². The summed E-state index contributed by atoms with van der Waals surface area (Å²) in [5.41, 5.74) is 2.13. The number of methoxy groups -OCH3 is 1. The maximum absolute atomic E-state index is 11.4. The number of carbonyl (C=O) groups excluding carboxylic acids is 1. The third kappa shape index (κ3) is 4.46. The van der Waals surface area contributed by atoms with Gasteiger partial charge in [-0.1, -0.05) is 26.0 Å². The molecule has 0 radical (unpaired) electrons. The van der Waals surface area contributed by atoms with Gasteiger partial charge in [0, 0.05) is 31.1 Å². The molecule has 1 heterocycles. The van der Waals surface area contributed by atoms with Crippen LogP contribution in [0.15, 0.2) is 29.3 Å². The monoisotopic (exact) mass is 459 g/mol. The Bertz CT molecular complexity index is 624. The van der Waals surface area contributed by atoms with Crippen LogP contribution in [0.3, 0.4) is 0 Å². The van der Waals surface area contributed by atoms with E-state index in [1.165, 1.54) is 12.7 Å². The van der Waals surface area contributed by atoms with Crippen LogP contribution in [0.25, 0.3) is 0 Å². The molecule has 140 valence electrons. The zero-order chi connectivity index (χ0) is 18.0. The molecule has 0 amide bonds. The molecule has 1 N–H and O–H groups in total. The van der Waals surface area contributed by atoms with Gasteiger partial charge in [0.15, 0.2) is 5.96 Å². The predicted octanol–water partition coefficient (Wildman–Crippen LogP) is 3.33. The molecule has 25 heavy (non-hydrogen) atoms. The molecule has 5 nitrogen and oxygen atoms in total. The van der Waals surface area contributed by atoms with Crippen LogP contribution >= 0.6 is 24.0 Å². The minimum absolute atomic E-state index is 0. The molecule has 1 aliphatic heterocycles. The summed E-state index contributed by atoms with van der Waals surface area (Å²) in [5, 5.41) is 3.45. The quantitative estimate of drug-likeness (QED) is 0.325. The number of esters is 1. The first-order valence-corrected chi connectivity index (χ1v) is 8.38. The van der Waals surface area contributed by atoms with Crippen LogP contribution in [-0.2, 0) is 11.2 Å². The number of hydrogen-bond acceptors (Lipinski definition) is 3. The lowest BCUT2D eigenvalue weighted by atomic mass is 9.65. The number of carbonyl (C=O) groups is 1. The van der Waals surface area contributed by atoms with Crippen molar-refractivity contribution in [3.05, 3.63) is 35.4 Å². The molecular formula is C19H30IN3O2. The van der Waals surface area contributed by atoms with Gasteiger partial charge in [-0.2, -0.15) is 0 Å². The zero-order valence-corrected chi connectivity index (χ0v) is 18.4. The molecule has 0 spiro atoms. The molecule has 1 aliphatic rings. The van der Waals surface area contributed by atoms with Gasteiger partial charge >= 0.3 is 5.97 Å². The van der Waals surface area contributed by atoms with E-state index in [0.29, 0.717) is 5.56 Å². The van der Waals surface area contributed by atoms with E-state index in [1.54, 1.807) is 12.1 Å². The minimum Gasteiger partial charge on any atom is -0.465 e. The number of benzene rings is 1. The van der Waals surface area contributed by atoms with E-state index in [1.807, 2.05) is 19.2 Å². The van der Waals surface area contributed by atoms with Crippen LogP contribution in [0, 0.1) is 5.41 Å². The van der Waals surface area contributed by atoms with Crippen LogP contribution in [0.2, 0.25) is 0 Å². The lowest BCUT2D eigenvalue weighted by Crippen LogP contribution is -2.72. The number of guanidine groups is 1. The lowest BCUT2D eigenvalue weighted by molar-refractivity contribution is -0.0666. The number of halogens is 1. The molecule has 2 rings (SSSR count). The molecule has 0 unspecified atom stereocenters. The SMILES string of the molecule is CN=C(NCCc1ccc(C(=O)OC)cc1)N1CC(C)(C)C1(C)C.I. The number of rotatable bonds is 4. The molecule has 1 aromatic carbocycles. The fourth-order valence-electron chi connectivity index (χ4n) is 2.94. The number of nitrogens with one attached hydrogen (secondary N) is 1. The summed E-state index contributed by atoms with van der Waals surface area (Å²) < 4.78 is 4.71. The fraction of sp³-hybridized carbons (Fsp3) is 0.579. The number of aliphatic imine (C=N–C) groups is 1. The van der Waals surface area contributed by atoms with Crippen LogP contribution in [0.1, 0.15) is 43.6 Å². The van der Waals surface area contributed by atoms with Crippen molar-refractivity contribution in [2.24, 2.45) is 10.4 Å². The highest BCUT2D eigenvalue weighted by atomic mass is 127. The van der Waals surface area contributed by atoms with E-state index in [0.717, 1.165) is 25.5 Å². The number of nitrogens with zero attached hydrogens (tertiary/aromatic N) is 2. The third-order valence-electron chi connectivity index (χ3n) is 5.42. The number of ether oxygens (including phenoxy) is 1. The first kappa shape index (κ1) is 21.7. The Labute approximate surface area is 168 Å². The smallest absolute Gasteiger partial charge is 0.337 e. The van der Waals surface area contributed by atoms with Crippen molar-refractivity contribution in [2.75, 3.05) is 27.2 Å². The van der Waals surface area contributed by atoms with Crippen molar-refractivity contribution in [3.63, 3.8) is 0 Å². The summed E-state index contributed by atoms with van der Waals surface area (Å²) in [5.74, 6) is 0.646. The first-order chi connectivity index (χ1) is 11.2. The van der Waals surface area contributed by atoms with Gasteiger partial charge in [0.2, 0.25) is 0 Å². The van der Waals surface area contributed by atoms with Crippen LogP contribution < -0.4 is 5.32 Å². The summed E-state index contributed by atoms with van der Waals surface area (Å²) >= 11 is 0. The van der Waals surface area contributed by atoms with Crippen LogP contribution in [-0.4, -0.2) is 49.6 Å². The highest BCUT2D eigenvalue weighted by molar-refractivity contribution is 14.0. The Kier molecular flexibility index (Phi) is 7.28. The summed E-state index contributed by atoms with van der Waals surface area (Å²) in [6.45, 7) is 10.9. The van der Waals surface area contributed by atoms with Crippen molar-refractivity contribution in [1.82, 2.24) is 10.2 Å². The maximum Gasteiger partial charge on any atom is 0.337 e. The third-order valence-corrected chi connectivity index (χ3v) is 5.42. The molecule has 0 atom stereocenters. The largest absolute Gasteiger partial charge is 0.465 e. The molecular weight excluding hydrogens is 429 g/mol. The van der Waals surface area contributed by atoms with Crippen molar-refractivity contribution >= 4 is 35.9 Å². The molecule has 0 saturated carbocycles. The van der Waals surface area contributed by atoms with E-state index in [2.05, 4.69) is 42.9 Å². The van der Waals surface area contributed by atoms with E-state index in [9.17, 15) is 4.79 Å². The van der Waals surface area contributed by atoms with Crippen molar-refractivity contribution in [1.29, 1.82) is 0 Å². The van der Waals surface area contributed by atoms with Crippen molar-refractivity contribution in [3.8, 4) is 0 Å². The van der Waals surface area contributed by atoms with E-state index in [4.69, 9.17) is 4.74 Å². The second kappa shape index (κ2) is 8.38. The Morgan fingerprint density at radius 1 is 1.24 bits per heavy atom. The van der Waals surface area contributed by atoms with Crippen LogP contribution in [0.4, 0.5) is 0 Å². The van der Waals surface area contributed by atoms with E-state index >= 15 is 0 Å². The van der Waals surface area contributed by atoms with E-state index < -0.39 is 0 Å². The average Bonchev–Trinajstić information content (AvgIpc) is 2.57. The Hall–Kier alpha value is -1.31. The van der Waals surface area contributed by atoms with Gasteiger partial charge in [0.1, 0.15) is 0 Å².